The van der Waals surface area contributed by atoms with Crippen molar-refractivity contribution in [1.29, 1.82) is 0 Å². The van der Waals surface area contributed by atoms with Crippen LogP contribution in [0, 0.1) is 13.8 Å². The SMILES string of the molecule is CCN(Cc1ccco1)S(=O)(=O)c1c(C)cc(N)cc1C. The van der Waals surface area contributed by atoms with E-state index in [0.29, 0.717) is 34.0 Å². The van der Waals surface area contributed by atoms with E-state index in [1.54, 1.807) is 38.1 Å². The number of furan rings is 1. The highest BCUT2D eigenvalue weighted by Gasteiger charge is 2.27. The van der Waals surface area contributed by atoms with Gasteiger partial charge >= 0.3 is 0 Å². The van der Waals surface area contributed by atoms with Crippen LogP contribution in [0.15, 0.2) is 39.8 Å². The molecule has 6 heteroatoms. The minimum Gasteiger partial charge on any atom is -0.468 e. The van der Waals surface area contributed by atoms with Crippen LogP contribution in [-0.4, -0.2) is 19.3 Å². The van der Waals surface area contributed by atoms with Gasteiger partial charge in [-0.3, -0.25) is 0 Å². The van der Waals surface area contributed by atoms with E-state index < -0.39 is 10.0 Å². The van der Waals surface area contributed by atoms with E-state index in [9.17, 15) is 8.42 Å². The minimum absolute atomic E-state index is 0.217. The highest BCUT2D eigenvalue weighted by molar-refractivity contribution is 7.89. The van der Waals surface area contributed by atoms with Crippen molar-refractivity contribution in [2.24, 2.45) is 0 Å². The summed E-state index contributed by atoms with van der Waals surface area (Å²) in [5.74, 6) is 0.617. The summed E-state index contributed by atoms with van der Waals surface area (Å²) >= 11 is 0. The highest BCUT2D eigenvalue weighted by atomic mass is 32.2. The molecule has 0 fully saturated rings. The van der Waals surface area contributed by atoms with Crippen LogP contribution in [0.3, 0.4) is 0 Å². The van der Waals surface area contributed by atoms with Gasteiger partial charge in [0.1, 0.15) is 5.76 Å². The number of hydrogen-bond donors (Lipinski definition) is 1. The van der Waals surface area contributed by atoms with Crippen LogP contribution < -0.4 is 5.73 Å². The lowest BCUT2D eigenvalue weighted by atomic mass is 10.1. The summed E-state index contributed by atoms with van der Waals surface area (Å²) < 4.78 is 32.4. The molecule has 1 heterocycles. The van der Waals surface area contributed by atoms with Crippen molar-refractivity contribution in [2.75, 3.05) is 12.3 Å². The van der Waals surface area contributed by atoms with Gasteiger partial charge in [0.15, 0.2) is 0 Å². The maximum absolute atomic E-state index is 12.9. The maximum Gasteiger partial charge on any atom is 0.244 e. The van der Waals surface area contributed by atoms with Gasteiger partial charge in [-0.1, -0.05) is 6.92 Å². The molecule has 0 saturated carbocycles. The molecule has 0 amide bonds. The third kappa shape index (κ3) is 3.11. The lowest BCUT2D eigenvalue weighted by Gasteiger charge is -2.22. The van der Waals surface area contributed by atoms with Crippen LogP contribution in [0.25, 0.3) is 0 Å². The van der Waals surface area contributed by atoms with Gasteiger partial charge in [0.2, 0.25) is 10.0 Å². The Morgan fingerprint density at radius 2 is 1.86 bits per heavy atom. The second kappa shape index (κ2) is 5.91. The van der Waals surface area contributed by atoms with Crippen LogP contribution >= 0.6 is 0 Å². The smallest absolute Gasteiger partial charge is 0.244 e. The van der Waals surface area contributed by atoms with Crippen LogP contribution in [0.1, 0.15) is 23.8 Å². The average Bonchev–Trinajstić information content (AvgIpc) is 2.86. The topological polar surface area (TPSA) is 76.5 Å². The average molecular weight is 308 g/mol. The molecule has 114 valence electrons. The summed E-state index contributed by atoms with van der Waals surface area (Å²) in [4.78, 5) is 0.324. The van der Waals surface area contributed by atoms with E-state index in [1.165, 1.54) is 10.6 Å². The third-order valence-corrected chi connectivity index (χ3v) is 5.57. The second-order valence-corrected chi connectivity index (χ2v) is 6.87. The van der Waals surface area contributed by atoms with E-state index in [1.807, 2.05) is 6.92 Å². The zero-order valence-electron chi connectivity index (χ0n) is 12.5. The normalized spacial score (nSPS) is 12.0. The summed E-state index contributed by atoms with van der Waals surface area (Å²) in [7, 11) is -3.59. The van der Waals surface area contributed by atoms with Gasteiger partial charge < -0.3 is 10.2 Å². The fourth-order valence-corrected chi connectivity index (χ4v) is 4.29. The van der Waals surface area contributed by atoms with Gasteiger partial charge in [-0.05, 0) is 49.2 Å². The van der Waals surface area contributed by atoms with E-state index >= 15 is 0 Å². The monoisotopic (exact) mass is 308 g/mol. The molecule has 0 aliphatic heterocycles. The Hall–Kier alpha value is -1.79. The Labute approximate surface area is 125 Å². The number of hydrogen-bond acceptors (Lipinski definition) is 4. The molecule has 0 radical (unpaired) electrons. The number of nitrogens with two attached hydrogens (primary N) is 1. The zero-order chi connectivity index (χ0) is 15.6. The van der Waals surface area contributed by atoms with Crippen molar-refractivity contribution in [3.05, 3.63) is 47.4 Å². The van der Waals surface area contributed by atoms with Gasteiger partial charge in [-0.15, -0.1) is 0 Å². The summed E-state index contributed by atoms with van der Waals surface area (Å²) in [6.45, 7) is 5.91. The van der Waals surface area contributed by atoms with Crippen molar-refractivity contribution in [3.8, 4) is 0 Å². The molecule has 2 aromatic rings. The van der Waals surface area contributed by atoms with Crippen LogP contribution in [-0.2, 0) is 16.6 Å². The highest BCUT2D eigenvalue weighted by Crippen LogP contribution is 2.27. The molecular formula is C15H20N2O3S. The summed E-state index contributed by atoms with van der Waals surface area (Å²) in [5.41, 5.74) is 7.65. The summed E-state index contributed by atoms with van der Waals surface area (Å²) in [5, 5.41) is 0. The Morgan fingerprint density at radius 3 is 2.33 bits per heavy atom. The minimum atomic E-state index is -3.59. The van der Waals surface area contributed by atoms with Gasteiger partial charge in [0.25, 0.3) is 0 Å². The van der Waals surface area contributed by atoms with Crippen LogP contribution in [0.4, 0.5) is 5.69 Å². The molecule has 0 atom stereocenters. The lowest BCUT2D eigenvalue weighted by Crippen LogP contribution is -2.31. The Morgan fingerprint density at radius 1 is 1.24 bits per heavy atom. The molecule has 5 nitrogen and oxygen atoms in total. The van der Waals surface area contributed by atoms with E-state index in [4.69, 9.17) is 10.2 Å². The zero-order valence-corrected chi connectivity index (χ0v) is 13.3. The number of nitrogens with zero attached hydrogens (tertiary/aromatic N) is 1. The fourth-order valence-electron chi connectivity index (χ4n) is 2.46. The van der Waals surface area contributed by atoms with E-state index in [-0.39, 0.29) is 6.54 Å². The van der Waals surface area contributed by atoms with E-state index in [2.05, 4.69) is 0 Å². The third-order valence-electron chi connectivity index (χ3n) is 3.35. The predicted octanol–water partition coefficient (Wildman–Crippen LogP) is 2.69. The molecule has 0 spiro atoms. The molecule has 0 aliphatic rings. The number of aryl methyl sites for hydroxylation is 2. The van der Waals surface area contributed by atoms with Crippen molar-refractivity contribution in [3.63, 3.8) is 0 Å². The van der Waals surface area contributed by atoms with Crippen molar-refractivity contribution in [1.82, 2.24) is 4.31 Å². The fraction of sp³-hybridized carbons (Fsp3) is 0.333. The molecule has 21 heavy (non-hydrogen) atoms. The van der Waals surface area contributed by atoms with Gasteiger partial charge in [0.05, 0.1) is 17.7 Å². The van der Waals surface area contributed by atoms with Gasteiger partial charge in [0, 0.05) is 12.2 Å². The maximum atomic E-state index is 12.9. The lowest BCUT2D eigenvalue weighted by molar-refractivity contribution is 0.375. The van der Waals surface area contributed by atoms with Crippen LogP contribution in [0.5, 0.6) is 0 Å². The van der Waals surface area contributed by atoms with Crippen molar-refractivity contribution in [2.45, 2.75) is 32.2 Å². The van der Waals surface area contributed by atoms with Gasteiger partial charge in [-0.25, -0.2) is 8.42 Å². The van der Waals surface area contributed by atoms with Gasteiger partial charge in [-0.2, -0.15) is 4.31 Å². The van der Waals surface area contributed by atoms with Crippen LogP contribution in [0.2, 0.25) is 0 Å². The summed E-state index contributed by atoms with van der Waals surface area (Å²) in [6, 6.07) is 6.87. The summed E-state index contributed by atoms with van der Waals surface area (Å²) in [6.07, 6.45) is 1.54. The molecule has 0 bridgehead atoms. The Balaban J connectivity index is 2.45. The molecule has 0 unspecified atom stereocenters. The number of anilines is 1. The number of nitrogen functional groups attached to an aromatic ring is 1. The molecule has 1 aromatic heterocycles. The standard InChI is InChI=1S/C15H20N2O3S/c1-4-17(10-14-6-5-7-20-14)21(18,19)15-11(2)8-13(16)9-12(15)3/h5-9H,4,10,16H2,1-3H3. The van der Waals surface area contributed by atoms with Crippen molar-refractivity contribution < 1.29 is 12.8 Å². The molecule has 0 saturated heterocycles. The first-order chi connectivity index (χ1) is 9.86. The Bertz CT molecular complexity index is 698. The molecular weight excluding hydrogens is 288 g/mol. The number of sulfonamides is 1. The first kappa shape index (κ1) is 15.6. The van der Waals surface area contributed by atoms with E-state index in [0.717, 1.165) is 0 Å². The first-order valence-corrected chi connectivity index (χ1v) is 8.19. The predicted molar refractivity (Wildman–Crippen MR) is 82.3 cm³/mol. The van der Waals surface area contributed by atoms with Crippen molar-refractivity contribution >= 4 is 15.7 Å². The molecule has 0 aliphatic carbocycles. The molecule has 2 N–H and O–H groups in total. The molecule has 2 rings (SSSR count). The molecule has 1 aromatic carbocycles. The number of rotatable bonds is 5. The largest absolute Gasteiger partial charge is 0.468 e. The first-order valence-electron chi connectivity index (χ1n) is 6.75. The Kier molecular flexibility index (Phi) is 4.39. The number of benzene rings is 1. The second-order valence-electron chi connectivity index (χ2n) is 4.99. The quantitative estimate of drug-likeness (QED) is 0.862.